The molecule has 2 atom stereocenters. The van der Waals surface area contributed by atoms with Gasteiger partial charge in [-0.05, 0) is 31.5 Å². The molecular formula is C20H25N3O2S. The fourth-order valence-corrected chi connectivity index (χ4v) is 2.99. The first kappa shape index (κ1) is 20.0. The van der Waals surface area contributed by atoms with Crippen molar-refractivity contribution in [3.05, 3.63) is 65.7 Å². The van der Waals surface area contributed by atoms with E-state index in [-0.39, 0.29) is 28.9 Å². The van der Waals surface area contributed by atoms with Crippen LogP contribution in [0, 0.1) is 6.92 Å². The summed E-state index contributed by atoms with van der Waals surface area (Å²) in [5, 5.41) is 5.34. The zero-order valence-corrected chi connectivity index (χ0v) is 15.9. The molecule has 0 fully saturated rings. The summed E-state index contributed by atoms with van der Waals surface area (Å²) in [6.07, 6.45) is 0. The zero-order chi connectivity index (χ0) is 18.9. The van der Waals surface area contributed by atoms with Gasteiger partial charge in [0, 0.05) is 18.3 Å². The summed E-state index contributed by atoms with van der Waals surface area (Å²) in [6, 6.07) is 17.0. The molecule has 2 amide bonds. The van der Waals surface area contributed by atoms with Crippen LogP contribution in [-0.4, -0.2) is 29.4 Å². The van der Waals surface area contributed by atoms with Crippen LogP contribution < -0.4 is 16.4 Å². The van der Waals surface area contributed by atoms with Crippen LogP contribution in [0.2, 0.25) is 0 Å². The molecule has 0 aliphatic heterocycles. The van der Waals surface area contributed by atoms with Crippen LogP contribution in [0.25, 0.3) is 0 Å². The van der Waals surface area contributed by atoms with Gasteiger partial charge < -0.3 is 16.4 Å². The van der Waals surface area contributed by atoms with Crippen LogP contribution in [0.3, 0.4) is 0 Å². The molecule has 0 aromatic heterocycles. The first-order valence-electron chi connectivity index (χ1n) is 8.52. The highest BCUT2D eigenvalue weighted by molar-refractivity contribution is 8.01. The summed E-state index contributed by atoms with van der Waals surface area (Å²) < 4.78 is 0. The standard InChI is InChI=1S/C20H25N3O2S/c1-14-8-10-17(11-9-14)23-19(24)13-26-15(2)20(25)22-12-18(21)16-6-4-3-5-7-16/h3-11,15,18H,12-13,21H2,1-2H3,(H,22,25)(H,23,24). The molecule has 2 aromatic carbocycles. The lowest BCUT2D eigenvalue weighted by Crippen LogP contribution is -2.36. The van der Waals surface area contributed by atoms with Crippen LogP contribution in [0.15, 0.2) is 54.6 Å². The highest BCUT2D eigenvalue weighted by Gasteiger charge is 2.16. The molecule has 2 rings (SSSR count). The summed E-state index contributed by atoms with van der Waals surface area (Å²) in [6.45, 7) is 4.14. The van der Waals surface area contributed by atoms with Crippen LogP contribution in [-0.2, 0) is 9.59 Å². The van der Waals surface area contributed by atoms with Crippen molar-refractivity contribution in [3.8, 4) is 0 Å². The van der Waals surface area contributed by atoms with Gasteiger partial charge in [-0.1, -0.05) is 48.0 Å². The molecule has 138 valence electrons. The van der Waals surface area contributed by atoms with Gasteiger partial charge in [0.25, 0.3) is 0 Å². The molecule has 0 aliphatic rings. The Morgan fingerprint density at radius 3 is 2.38 bits per heavy atom. The second-order valence-corrected chi connectivity index (χ2v) is 7.46. The van der Waals surface area contributed by atoms with Gasteiger partial charge in [-0.2, -0.15) is 0 Å². The van der Waals surface area contributed by atoms with Gasteiger partial charge in [-0.25, -0.2) is 0 Å². The number of anilines is 1. The summed E-state index contributed by atoms with van der Waals surface area (Å²) in [5.41, 5.74) is 8.95. The van der Waals surface area contributed by atoms with Crippen molar-refractivity contribution in [2.45, 2.75) is 25.1 Å². The number of carbonyl (C=O) groups is 2. The SMILES string of the molecule is Cc1ccc(NC(=O)CSC(C)C(=O)NCC(N)c2ccccc2)cc1. The number of thioether (sulfide) groups is 1. The van der Waals surface area contributed by atoms with E-state index in [1.54, 1.807) is 6.92 Å². The first-order valence-corrected chi connectivity index (χ1v) is 9.57. The number of nitrogens with two attached hydrogens (primary N) is 1. The molecule has 2 unspecified atom stereocenters. The number of carbonyl (C=O) groups excluding carboxylic acids is 2. The van der Waals surface area contributed by atoms with E-state index in [0.717, 1.165) is 16.8 Å². The highest BCUT2D eigenvalue weighted by atomic mass is 32.2. The van der Waals surface area contributed by atoms with Crippen LogP contribution in [0.4, 0.5) is 5.69 Å². The first-order chi connectivity index (χ1) is 12.5. The van der Waals surface area contributed by atoms with Crippen molar-refractivity contribution in [1.82, 2.24) is 5.32 Å². The summed E-state index contributed by atoms with van der Waals surface area (Å²) in [4.78, 5) is 24.2. The maximum absolute atomic E-state index is 12.2. The Hall–Kier alpha value is -2.31. The third-order valence-corrected chi connectivity index (χ3v) is 5.04. The van der Waals surface area contributed by atoms with Crippen molar-refractivity contribution in [1.29, 1.82) is 0 Å². The van der Waals surface area contributed by atoms with E-state index in [1.165, 1.54) is 11.8 Å². The third kappa shape index (κ3) is 6.54. The minimum Gasteiger partial charge on any atom is -0.353 e. The second-order valence-electron chi connectivity index (χ2n) is 6.13. The maximum atomic E-state index is 12.2. The minimum absolute atomic E-state index is 0.121. The lowest BCUT2D eigenvalue weighted by atomic mass is 10.1. The number of benzene rings is 2. The molecule has 5 nitrogen and oxygen atoms in total. The van der Waals surface area contributed by atoms with Crippen molar-refractivity contribution in [3.63, 3.8) is 0 Å². The monoisotopic (exact) mass is 371 g/mol. The third-order valence-electron chi connectivity index (χ3n) is 3.89. The Labute approximate surface area is 158 Å². The van der Waals surface area contributed by atoms with E-state index in [2.05, 4.69) is 10.6 Å². The molecule has 0 radical (unpaired) electrons. The molecule has 0 saturated carbocycles. The van der Waals surface area contributed by atoms with Crippen LogP contribution >= 0.6 is 11.8 Å². The molecular weight excluding hydrogens is 346 g/mol. The quantitative estimate of drug-likeness (QED) is 0.666. The lowest BCUT2D eigenvalue weighted by molar-refractivity contribution is -0.120. The van der Waals surface area contributed by atoms with Crippen molar-refractivity contribution in [2.75, 3.05) is 17.6 Å². The Kier molecular flexibility index (Phi) is 7.69. The fraction of sp³-hybridized carbons (Fsp3) is 0.300. The summed E-state index contributed by atoms with van der Waals surface area (Å²) in [5.74, 6) is -0.0308. The van der Waals surface area contributed by atoms with E-state index in [0.29, 0.717) is 6.54 Å². The van der Waals surface area contributed by atoms with E-state index in [1.807, 2.05) is 61.5 Å². The van der Waals surface area contributed by atoms with Gasteiger partial charge in [0.05, 0.1) is 11.0 Å². The second kappa shape index (κ2) is 9.99. The molecule has 0 aliphatic carbocycles. The Morgan fingerprint density at radius 1 is 1.08 bits per heavy atom. The van der Waals surface area contributed by atoms with Gasteiger partial charge in [0.1, 0.15) is 0 Å². The predicted molar refractivity (Wildman–Crippen MR) is 108 cm³/mol. The molecule has 0 bridgehead atoms. The molecule has 0 spiro atoms. The van der Waals surface area contributed by atoms with Gasteiger partial charge in [-0.3, -0.25) is 9.59 Å². The smallest absolute Gasteiger partial charge is 0.234 e. The fourth-order valence-electron chi connectivity index (χ4n) is 2.28. The molecule has 4 N–H and O–H groups in total. The molecule has 26 heavy (non-hydrogen) atoms. The number of amides is 2. The highest BCUT2D eigenvalue weighted by Crippen LogP contribution is 2.14. The van der Waals surface area contributed by atoms with Crippen LogP contribution in [0.5, 0.6) is 0 Å². The Morgan fingerprint density at radius 2 is 1.73 bits per heavy atom. The van der Waals surface area contributed by atoms with Gasteiger partial charge >= 0.3 is 0 Å². The van der Waals surface area contributed by atoms with Crippen molar-refractivity contribution in [2.24, 2.45) is 5.73 Å². The maximum Gasteiger partial charge on any atom is 0.234 e. The molecule has 0 heterocycles. The minimum atomic E-state index is -0.332. The number of nitrogens with one attached hydrogen (secondary N) is 2. The van der Waals surface area contributed by atoms with E-state index >= 15 is 0 Å². The Bertz CT molecular complexity index is 720. The molecule has 2 aromatic rings. The average Bonchev–Trinajstić information content (AvgIpc) is 2.66. The number of hydrogen-bond acceptors (Lipinski definition) is 4. The number of hydrogen-bond donors (Lipinski definition) is 3. The largest absolute Gasteiger partial charge is 0.353 e. The van der Waals surface area contributed by atoms with Crippen molar-refractivity contribution < 1.29 is 9.59 Å². The van der Waals surface area contributed by atoms with Crippen LogP contribution in [0.1, 0.15) is 24.1 Å². The average molecular weight is 372 g/mol. The summed E-state index contributed by atoms with van der Waals surface area (Å²) >= 11 is 1.30. The zero-order valence-electron chi connectivity index (χ0n) is 15.1. The normalized spacial score (nSPS) is 12.9. The summed E-state index contributed by atoms with van der Waals surface area (Å²) in [7, 11) is 0. The number of rotatable bonds is 8. The lowest BCUT2D eigenvalue weighted by Gasteiger charge is -2.16. The van der Waals surface area contributed by atoms with E-state index in [4.69, 9.17) is 5.73 Å². The van der Waals surface area contributed by atoms with Gasteiger partial charge in [-0.15, -0.1) is 11.8 Å². The topological polar surface area (TPSA) is 84.2 Å². The van der Waals surface area contributed by atoms with E-state index < -0.39 is 0 Å². The molecule has 0 saturated heterocycles. The van der Waals surface area contributed by atoms with Crippen molar-refractivity contribution >= 4 is 29.3 Å². The Balaban J connectivity index is 1.71. The van der Waals surface area contributed by atoms with Gasteiger partial charge in [0.2, 0.25) is 11.8 Å². The van der Waals surface area contributed by atoms with E-state index in [9.17, 15) is 9.59 Å². The predicted octanol–water partition coefficient (Wildman–Crippen LogP) is 2.87. The number of aryl methyl sites for hydroxylation is 1. The van der Waals surface area contributed by atoms with Gasteiger partial charge in [0.15, 0.2) is 0 Å². The molecule has 6 heteroatoms.